The molecule has 1 aliphatic rings. The normalized spacial score (nSPS) is 12.5. The molecule has 0 saturated heterocycles. The molecule has 3 amide bonds. The number of nitrogens with one attached hydrogen (secondary N) is 2. The summed E-state index contributed by atoms with van der Waals surface area (Å²) in [6, 6.07) is 20.2. The summed E-state index contributed by atoms with van der Waals surface area (Å²) in [6.07, 6.45) is 6.95. The molecule has 2 heterocycles. The van der Waals surface area contributed by atoms with Crippen LogP contribution in [0.2, 0.25) is 0 Å². The van der Waals surface area contributed by atoms with E-state index in [0.29, 0.717) is 32.5 Å². The van der Waals surface area contributed by atoms with E-state index >= 15 is 0 Å². The van der Waals surface area contributed by atoms with E-state index in [0.717, 1.165) is 58.6 Å². The molecule has 0 saturated carbocycles. The van der Waals surface area contributed by atoms with E-state index in [-0.39, 0.29) is 11.9 Å². The number of aromatic nitrogens is 2. The van der Waals surface area contributed by atoms with Gasteiger partial charge in [-0.3, -0.25) is 9.48 Å². The predicted molar refractivity (Wildman–Crippen MR) is 166 cm³/mol. The molecule has 0 unspecified atom stereocenters. The number of nitrogens with zero attached hydrogens (tertiary/aromatic N) is 3. The maximum Gasteiger partial charge on any atom is 0.314 e. The van der Waals surface area contributed by atoms with Gasteiger partial charge in [-0.1, -0.05) is 48.5 Å². The van der Waals surface area contributed by atoms with Crippen molar-refractivity contribution in [3.63, 3.8) is 0 Å². The molecule has 0 fully saturated rings. The third-order valence-electron chi connectivity index (χ3n) is 7.86. The second-order valence-corrected chi connectivity index (χ2v) is 10.8. The number of hydrogen-bond acceptors (Lipinski definition) is 4. The molecule has 8 heteroatoms. The number of urea groups is 1. The lowest BCUT2D eigenvalue weighted by Gasteiger charge is -2.31. The monoisotopic (exact) mass is 565 g/mol. The first-order valence-corrected chi connectivity index (χ1v) is 14.6. The van der Waals surface area contributed by atoms with Crippen LogP contribution >= 0.6 is 0 Å². The van der Waals surface area contributed by atoms with Crippen molar-refractivity contribution in [3.8, 4) is 16.9 Å². The maximum atomic E-state index is 13.3. The summed E-state index contributed by atoms with van der Waals surface area (Å²) in [5.74, 6) is 1.03. The Kier molecular flexibility index (Phi) is 9.21. The number of fused-ring (bicyclic) bond motifs is 1. The number of ether oxygens (including phenoxy) is 1. The zero-order chi connectivity index (χ0) is 29.5. The average molecular weight is 566 g/mol. The minimum absolute atomic E-state index is 0.138. The summed E-state index contributed by atoms with van der Waals surface area (Å²) in [6.45, 7) is 6.48. The Balaban J connectivity index is 1.23. The van der Waals surface area contributed by atoms with Crippen LogP contribution in [0.3, 0.4) is 0 Å². The van der Waals surface area contributed by atoms with Crippen molar-refractivity contribution in [2.24, 2.45) is 0 Å². The van der Waals surface area contributed by atoms with Gasteiger partial charge in [-0.2, -0.15) is 5.10 Å². The maximum absolute atomic E-state index is 13.3. The molecule has 3 aromatic carbocycles. The van der Waals surface area contributed by atoms with Gasteiger partial charge in [0.15, 0.2) is 0 Å². The molecule has 1 aromatic heterocycles. The molecule has 4 aromatic rings. The van der Waals surface area contributed by atoms with Gasteiger partial charge >= 0.3 is 6.03 Å². The Morgan fingerprint density at radius 1 is 1.02 bits per heavy atom. The first-order chi connectivity index (χ1) is 20.4. The van der Waals surface area contributed by atoms with Crippen molar-refractivity contribution in [2.45, 2.75) is 52.6 Å². The van der Waals surface area contributed by atoms with Crippen molar-refractivity contribution in [3.05, 3.63) is 101 Å². The van der Waals surface area contributed by atoms with E-state index in [1.165, 1.54) is 11.1 Å². The predicted octanol–water partition coefficient (Wildman–Crippen LogP) is 5.78. The molecular weight excluding hydrogens is 526 g/mol. The number of hydrogen-bond donors (Lipinski definition) is 2. The van der Waals surface area contributed by atoms with Crippen LogP contribution in [-0.2, 0) is 24.3 Å². The average Bonchev–Trinajstić information content (AvgIpc) is 3.47. The first-order valence-electron chi connectivity index (χ1n) is 14.6. The number of benzene rings is 3. The fourth-order valence-corrected chi connectivity index (χ4v) is 5.46. The van der Waals surface area contributed by atoms with Gasteiger partial charge in [0, 0.05) is 44.0 Å². The van der Waals surface area contributed by atoms with Crippen LogP contribution in [0.5, 0.6) is 5.75 Å². The SMILES string of the molecule is CNC(=O)NCc1cccc(Cn2cc(-c3cccc4c3CCCN4C(=O)CCCOc3cccc(C)c3C)cn2)c1. The summed E-state index contributed by atoms with van der Waals surface area (Å²) in [5, 5.41) is 10.0. The minimum atomic E-state index is -0.203. The van der Waals surface area contributed by atoms with Gasteiger partial charge in [0.2, 0.25) is 5.91 Å². The second-order valence-electron chi connectivity index (χ2n) is 10.8. The summed E-state index contributed by atoms with van der Waals surface area (Å²) >= 11 is 0. The quantitative estimate of drug-likeness (QED) is 0.239. The third-order valence-corrected chi connectivity index (χ3v) is 7.86. The minimum Gasteiger partial charge on any atom is -0.493 e. The second kappa shape index (κ2) is 13.4. The van der Waals surface area contributed by atoms with Crippen LogP contribution < -0.4 is 20.3 Å². The molecule has 218 valence electrons. The number of amides is 3. The van der Waals surface area contributed by atoms with E-state index in [1.807, 2.05) is 46.1 Å². The molecule has 0 spiro atoms. The summed E-state index contributed by atoms with van der Waals surface area (Å²) < 4.78 is 7.91. The lowest BCUT2D eigenvalue weighted by Crippen LogP contribution is -2.35. The Hall–Kier alpha value is -4.59. The summed E-state index contributed by atoms with van der Waals surface area (Å²) in [5.41, 5.74) is 8.85. The number of anilines is 1. The molecule has 0 bridgehead atoms. The molecule has 1 aliphatic heterocycles. The fourth-order valence-electron chi connectivity index (χ4n) is 5.46. The van der Waals surface area contributed by atoms with Gasteiger partial charge in [-0.25, -0.2) is 4.79 Å². The van der Waals surface area contributed by atoms with Crippen LogP contribution in [0.1, 0.15) is 47.1 Å². The molecule has 0 radical (unpaired) electrons. The summed E-state index contributed by atoms with van der Waals surface area (Å²) in [4.78, 5) is 26.8. The van der Waals surface area contributed by atoms with Crippen molar-refractivity contribution >= 4 is 17.6 Å². The van der Waals surface area contributed by atoms with Crippen molar-refractivity contribution in [1.82, 2.24) is 20.4 Å². The van der Waals surface area contributed by atoms with Gasteiger partial charge < -0.3 is 20.3 Å². The van der Waals surface area contributed by atoms with Crippen molar-refractivity contribution in [1.29, 1.82) is 0 Å². The fraction of sp³-hybridized carbons (Fsp3) is 0.324. The zero-order valence-corrected chi connectivity index (χ0v) is 24.7. The van der Waals surface area contributed by atoms with Crippen LogP contribution in [0.4, 0.5) is 10.5 Å². The number of aryl methyl sites for hydroxylation is 1. The van der Waals surface area contributed by atoms with Crippen molar-refractivity contribution in [2.75, 3.05) is 25.1 Å². The lowest BCUT2D eigenvalue weighted by molar-refractivity contribution is -0.118. The van der Waals surface area contributed by atoms with E-state index in [9.17, 15) is 9.59 Å². The van der Waals surface area contributed by atoms with Gasteiger partial charge in [-0.05, 0) is 78.6 Å². The highest BCUT2D eigenvalue weighted by Crippen LogP contribution is 2.36. The highest BCUT2D eigenvalue weighted by Gasteiger charge is 2.24. The highest BCUT2D eigenvalue weighted by atomic mass is 16.5. The topological polar surface area (TPSA) is 88.5 Å². The summed E-state index contributed by atoms with van der Waals surface area (Å²) in [7, 11) is 1.60. The molecule has 2 N–H and O–H groups in total. The van der Waals surface area contributed by atoms with Crippen LogP contribution in [0.25, 0.3) is 11.1 Å². The molecule has 0 aliphatic carbocycles. The number of carbonyl (C=O) groups excluding carboxylic acids is 2. The Bertz CT molecular complexity index is 1560. The largest absolute Gasteiger partial charge is 0.493 e. The highest BCUT2D eigenvalue weighted by molar-refractivity contribution is 5.96. The molecule has 5 rings (SSSR count). The van der Waals surface area contributed by atoms with Gasteiger partial charge in [0.05, 0.1) is 19.3 Å². The van der Waals surface area contributed by atoms with E-state index in [4.69, 9.17) is 4.74 Å². The molecule has 0 atom stereocenters. The van der Waals surface area contributed by atoms with Crippen LogP contribution in [0, 0.1) is 13.8 Å². The Morgan fingerprint density at radius 3 is 2.69 bits per heavy atom. The Labute approximate surface area is 247 Å². The lowest BCUT2D eigenvalue weighted by atomic mass is 9.93. The zero-order valence-electron chi connectivity index (χ0n) is 24.7. The molecular formula is C34H39N5O3. The smallest absolute Gasteiger partial charge is 0.314 e. The third kappa shape index (κ3) is 6.82. The molecule has 42 heavy (non-hydrogen) atoms. The standard InChI is InChI=1S/C34H39N5O3/c1-24-9-4-15-32(25(24)2)42-18-8-16-33(40)39-17-7-13-30-29(12-6-14-31(30)39)28-21-37-38(23-28)22-27-11-5-10-26(19-27)20-36-34(41)35-3/h4-6,9-12,14-15,19,21,23H,7-8,13,16-18,20,22H2,1-3H3,(H2,35,36,41). The van der Waals surface area contributed by atoms with Gasteiger partial charge in [-0.15, -0.1) is 0 Å². The number of carbonyl (C=O) groups is 2. The van der Waals surface area contributed by atoms with E-state index in [1.54, 1.807) is 7.05 Å². The first kappa shape index (κ1) is 28.9. The van der Waals surface area contributed by atoms with Gasteiger partial charge in [0.25, 0.3) is 0 Å². The van der Waals surface area contributed by atoms with Gasteiger partial charge in [0.1, 0.15) is 5.75 Å². The van der Waals surface area contributed by atoms with E-state index in [2.05, 4.69) is 66.1 Å². The number of rotatable bonds is 10. The van der Waals surface area contributed by atoms with Crippen LogP contribution in [-0.4, -0.2) is 41.9 Å². The van der Waals surface area contributed by atoms with Crippen molar-refractivity contribution < 1.29 is 14.3 Å². The van der Waals surface area contributed by atoms with Crippen LogP contribution in [0.15, 0.2) is 73.1 Å². The molecule has 8 nitrogen and oxygen atoms in total. The Morgan fingerprint density at radius 2 is 1.83 bits per heavy atom. The van der Waals surface area contributed by atoms with E-state index < -0.39 is 0 Å².